The van der Waals surface area contributed by atoms with E-state index in [9.17, 15) is 9.59 Å². The average Bonchev–Trinajstić information content (AvgIpc) is 2.72. The molecule has 0 aliphatic heterocycles. The zero-order chi connectivity index (χ0) is 24.1. The molecule has 0 aliphatic rings. The third-order valence-corrected chi connectivity index (χ3v) is 6.14. The summed E-state index contributed by atoms with van der Waals surface area (Å²) >= 11 is 0. The van der Waals surface area contributed by atoms with Crippen molar-refractivity contribution in [1.82, 2.24) is 0 Å². The Bertz CT molecular complexity index is 499. The number of carbonyl (C=O) groups is 2. The standard InChI is InChI=1S/C26H50O5Si/c1-6-7-8-9-10-11-12-13-14-15-16-17-18-19-20-21-26(28)29-22-25(31-24(2)27)23-30-32(3,4)5/h13-14,25H,6-12,15-23H2,1-5H3/b14-13-/t25-/m1/s1. The number of allylic oxidation sites excluding steroid dienone is 2. The van der Waals surface area contributed by atoms with Gasteiger partial charge in [0, 0.05) is 13.3 Å². The highest BCUT2D eigenvalue weighted by atomic mass is 28.4. The van der Waals surface area contributed by atoms with Crippen molar-refractivity contribution in [2.75, 3.05) is 13.2 Å². The first kappa shape index (κ1) is 30.9. The largest absolute Gasteiger partial charge is 0.462 e. The third kappa shape index (κ3) is 23.5. The molecule has 0 aromatic rings. The van der Waals surface area contributed by atoms with Gasteiger partial charge in [-0.25, -0.2) is 0 Å². The lowest BCUT2D eigenvalue weighted by Crippen LogP contribution is -2.35. The van der Waals surface area contributed by atoms with E-state index in [0.29, 0.717) is 6.42 Å². The summed E-state index contributed by atoms with van der Waals surface area (Å²) in [7, 11) is -1.72. The van der Waals surface area contributed by atoms with Gasteiger partial charge in [-0.2, -0.15) is 0 Å². The first-order valence-corrected chi connectivity index (χ1v) is 16.3. The molecule has 0 saturated heterocycles. The Labute approximate surface area is 198 Å². The second kappa shape index (κ2) is 20.5. The fraction of sp³-hybridized carbons (Fsp3) is 0.846. The maximum absolute atomic E-state index is 12.0. The van der Waals surface area contributed by atoms with Crippen molar-refractivity contribution in [2.24, 2.45) is 0 Å². The van der Waals surface area contributed by atoms with E-state index in [2.05, 4.69) is 38.7 Å². The van der Waals surface area contributed by atoms with E-state index in [-0.39, 0.29) is 25.2 Å². The number of rotatable bonds is 21. The van der Waals surface area contributed by atoms with E-state index in [1.165, 1.54) is 64.7 Å². The normalized spacial score (nSPS) is 12.8. The molecule has 6 heteroatoms. The van der Waals surface area contributed by atoms with Gasteiger partial charge in [-0.15, -0.1) is 0 Å². The highest BCUT2D eigenvalue weighted by Gasteiger charge is 2.21. The van der Waals surface area contributed by atoms with Crippen molar-refractivity contribution in [2.45, 2.75) is 129 Å². The predicted molar refractivity (Wildman–Crippen MR) is 135 cm³/mol. The van der Waals surface area contributed by atoms with Gasteiger partial charge in [0.2, 0.25) is 0 Å². The first-order chi connectivity index (χ1) is 15.2. The van der Waals surface area contributed by atoms with Crippen LogP contribution in [-0.4, -0.2) is 39.6 Å². The molecule has 188 valence electrons. The molecular formula is C26H50O5Si. The van der Waals surface area contributed by atoms with Crippen molar-refractivity contribution in [1.29, 1.82) is 0 Å². The first-order valence-electron chi connectivity index (χ1n) is 12.9. The molecule has 0 radical (unpaired) electrons. The Hall–Kier alpha value is -1.14. The van der Waals surface area contributed by atoms with E-state index in [1.807, 2.05) is 0 Å². The highest BCUT2D eigenvalue weighted by Crippen LogP contribution is 2.11. The topological polar surface area (TPSA) is 61.8 Å². The van der Waals surface area contributed by atoms with Gasteiger partial charge in [-0.1, -0.05) is 70.4 Å². The second-order valence-corrected chi connectivity index (χ2v) is 14.2. The van der Waals surface area contributed by atoms with Gasteiger partial charge in [-0.3, -0.25) is 9.59 Å². The fourth-order valence-electron chi connectivity index (χ4n) is 3.29. The molecule has 0 aromatic carbocycles. The Kier molecular flexibility index (Phi) is 19.7. The molecule has 0 bridgehead atoms. The lowest BCUT2D eigenvalue weighted by molar-refractivity contribution is -0.159. The number of ether oxygens (including phenoxy) is 2. The summed E-state index contributed by atoms with van der Waals surface area (Å²) in [5, 5.41) is 0. The Morgan fingerprint density at radius 1 is 0.781 bits per heavy atom. The van der Waals surface area contributed by atoms with Crippen LogP contribution in [-0.2, 0) is 23.5 Å². The van der Waals surface area contributed by atoms with Crippen molar-refractivity contribution in [3.05, 3.63) is 12.2 Å². The Morgan fingerprint density at radius 2 is 1.31 bits per heavy atom. The van der Waals surface area contributed by atoms with Gasteiger partial charge >= 0.3 is 11.9 Å². The SMILES string of the molecule is CCCCCCCC/C=C\CCCCCCCC(=O)OC[C@H](CO[Si](C)(C)C)OC(C)=O. The van der Waals surface area contributed by atoms with Crippen LogP contribution in [0.3, 0.4) is 0 Å². The number of carbonyl (C=O) groups excluding carboxylic acids is 2. The maximum Gasteiger partial charge on any atom is 0.305 e. The van der Waals surface area contributed by atoms with Crippen LogP contribution in [0.15, 0.2) is 12.2 Å². The molecule has 5 nitrogen and oxygen atoms in total. The summed E-state index contributed by atoms with van der Waals surface area (Å²) < 4.78 is 16.3. The zero-order valence-electron chi connectivity index (χ0n) is 21.6. The molecule has 0 aromatic heterocycles. The molecule has 0 rings (SSSR count). The molecule has 32 heavy (non-hydrogen) atoms. The van der Waals surface area contributed by atoms with Crippen LogP contribution in [0.5, 0.6) is 0 Å². The van der Waals surface area contributed by atoms with Crippen LogP contribution >= 0.6 is 0 Å². The van der Waals surface area contributed by atoms with Crippen LogP contribution in [0.1, 0.15) is 104 Å². The monoisotopic (exact) mass is 470 g/mol. The molecule has 0 unspecified atom stereocenters. The molecule has 0 saturated carbocycles. The number of unbranched alkanes of at least 4 members (excludes halogenated alkanes) is 11. The summed E-state index contributed by atoms with van der Waals surface area (Å²) in [4.78, 5) is 23.2. The summed E-state index contributed by atoms with van der Waals surface area (Å²) in [6, 6.07) is 0. The molecule has 0 fully saturated rings. The Morgan fingerprint density at radius 3 is 1.84 bits per heavy atom. The quantitative estimate of drug-likeness (QED) is 0.0759. The summed E-state index contributed by atoms with van der Waals surface area (Å²) in [6.07, 6.45) is 20.6. The van der Waals surface area contributed by atoms with Crippen LogP contribution in [0.2, 0.25) is 19.6 Å². The van der Waals surface area contributed by atoms with Crippen molar-refractivity contribution in [3.8, 4) is 0 Å². The lowest BCUT2D eigenvalue weighted by Gasteiger charge is -2.22. The number of esters is 2. The van der Waals surface area contributed by atoms with E-state index < -0.39 is 14.4 Å². The summed E-state index contributed by atoms with van der Waals surface area (Å²) in [5.41, 5.74) is 0. The highest BCUT2D eigenvalue weighted by molar-refractivity contribution is 6.69. The smallest absolute Gasteiger partial charge is 0.305 e. The molecule has 0 spiro atoms. The number of hydrogen-bond donors (Lipinski definition) is 0. The van der Waals surface area contributed by atoms with Crippen molar-refractivity contribution < 1.29 is 23.5 Å². The average molecular weight is 471 g/mol. The van der Waals surface area contributed by atoms with Crippen LogP contribution < -0.4 is 0 Å². The molecule has 0 N–H and O–H groups in total. The molecule has 0 amide bonds. The van der Waals surface area contributed by atoms with Crippen LogP contribution in [0.4, 0.5) is 0 Å². The van der Waals surface area contributed by atoms with Gasteiger partial charge in [0.25, 0.3) is 0 Å². The van der Waals surface area contributed by atoms with Gasteiger partial charge in [-0.05, 0) is 51.7 Å². The van der Waals surface area contributed by atoms with Crippen molar-refractivity contribution in [3.63, 3.8) is 0 Å². The number of hydrogen-bond acceptors (Lipinski definition) is 5. The fourth-order valence-corrected chi connectivity index (χ4v) is 3.98. The minimum absolute atomic E-state index is 0.0635. The molecular weight excluding hydrogens is 420 g/mol. The second-order valence-electron chi connectivity index (χ2n) is 9.67. The van der Waals surface area contributed by atoms with E-state index >= 15 is 0 Å². The van der Waals surface area contributed by atoms with Crippen LogP contribution in [0.25, 0.3) is 0 Å². The Balaban J connectivity index is 3.65. The van der Waals surface area contributed by atoms with E-state index in [4.69, 9.17) is 13.9 Å². The minimum Gasteiger partial charge on any atom is -0.462 e. The maximum atomic E-state index is 12.0. The van der Waals surface area contributed by atoms with Gasteiger partial charge in [0.1, 0.15) is 6.61 Å². The lowest BCUT2D eigenvalue weighted by atomic mass is 10.1. The van der Waals surface area contributed by atoms with Gasteiger partial charge < -0.3 is 13.9 Å². The summed E-state index contributed by atoms with van der Waals surface area (Å²) in [6.45, 7) is 10.1. The molecule has 0 heterocycles. The minimum atomic E-state index is -1.72. The van der Waals surface area contributed by atoms with E-state index in [1.54, 1.807) is 0 Å². The summed E-state index contributed by atoms with van der Waals surface area (Å²) in [5.74, 6) is -0.615. The molecule has 1 atom stereocenters. The van der Waals surface area contributed by atoms with Gasteiger partial charge in [0.05, 0.1) is 6.61 Å². The van der Waals surface area contributed by atoms with Crippen molar-refractivity contribution >= 4 is 20.3 Å². The zero-order valence-corrected chi connectivity index (χ0v) is 22.6. The predicted octanol–water partition coefficient (Wildman–Crippen LogP) is 7.35. The third-order valence-electron chi connectivity index (χ3n) is 5.11. The van der Waals surface area contributed by atoms with E-state index in [0.717, 1.165) is 25.7 Å². The van der Waals surface area contributed by atoms with Crippen LogP contribution in [0, 0.1) is 0 Å². The van der Waals surface area contributed by atoms with Gasteiger partial charge in [0.15, 0.2) is 14.4 Å². The molecule has 0 aliphatic carbocycles.